The third-order valence-corrected chi connectivity index (χ3v) is 4.11. The van der Waals surface area contributed by atoms with Gasteiger partial charge in [0.2, 0.25) is 0 Å². The molecule has 1 heterocycles. The van der Waals surface area contributed by atoms with Crippen molar-refractivity contribution in [3.05, 3.63) is 59.9 Å². The number of aryl methyl sites for hydroxylation is 1. The van der Waals surface area contributed by atoms with Crippen LogP contribution in [0.4, 0.5) is 10.1 Å². The van der Waals surface area contributed by atoms with Crippen molar-refractivity contribution in [3.8, 4) is 5.75 Å². The van der Waals surface area contributed by atoms with Gasteiger partial charge in [0.15, 0.2) is 6.10 Å². The Kier molecular flexibility index (Phi) is 4.60. The highest BCUT2D eigenvalue weighted by Crippen LogP contribution is 2.28. The SMILES string of the molecule is CC[C@H](Oc1ccc(F)cc1)C(=O)N1CCCc2ccccc21. The summed E-state index contributed by atoms with van der Waals surface area (Å²) in [7, 11) is 0. The van der Waals surface area contributed by atoms with Crippen molar-refractivity contribution in [2.45, 2.75) is 32.3 Å². The molecule has 2 aromatic carbocycles. The van der Waals surface area contributed by atoms with E-state index >= 15 is 0 Å². The lowest BCUT2D eigenvalue weighted by Crippen LogP contribution is -2.44. The Balaban J connectivity index is 1.79. The van der Waals surface area contributed by atoms with Crippen LogP contribution in [0.5, 0.6) is 5.75 Å². The third-order valence-electron chi connectivity index (χ3n) is 4.11. The largest absolute Gasteiger partial charge is 0.481 e. The van der Waals surface area contributed by atoms with Crippen LogP contribution in [0.3, 0.4) is 0 Å². The second kappa shape index (κ2) is 6.82. The van der Waals surface area contributed by atoms with Crippen LogP contribution in [0.1, 0.15) is 25.3 Å². The second-order valence-electron chi connectivity index (χ2n) is 5.69. The van der Waals surface area contributed by atoms with E-state index < -0.39 is 6.10 Å². The smallest absolute Gasteiger partial charge is 0.268 e. The van der Waals surface area contributed by atoms with Gasteiger partial charge in [0.05, 0.1) is 0 Å². The van der Waals surface area contributed by atoms with E-state index in [4.69, 9.17) is 4.74 Å². The molecule has 0 bridgehead atoms. The summed E-state index contributed by atoms with van der Waals surface area (Å²) in [5.41, 5.74) is 2.17. The summed E-state index contributed by atoms with van der Waals surface area (Å²) in [6.45, 7) is 2.63. The monoisotopic (exact) mass is 313 g/mol. The molecule has 1 amide bonds. The topological polar surface area (TPSA) is 29.5 Å². The van der Waals surface area contributed by atoms with E-state index in [0.717, 1.165) is 18.5 Å². The molecule has 0 saturated carbocycles. The number of hydrogen-bond acceptors (Lipinski definition) is 2. The van der Waals surface area contributed by atoms with Crippen LogP contribution in [0, 0.1) is 5.82 Å². The highest BCUT2D eigenvalue weighted by molar-refractivity contribution is 5.97. The Morgan fingerprint density at radius 1 is 1.22 bits per heavy atom. The number of rotatable bonds is 4. The molecule has 0 aromatic heterocycles. The van der Waals surface area contributed by atoms with Gasteiger partial charge in [-0.05, 0) is 55.2 Å². The quantitative estimate of drug-likeness (QED) is 0.855. The van der Waals surface area contributed by atoms with E-state index in [1.54, 1.807) is 12.1 Å². The maximum absolute atomic E-state index is 13.0. The Labute approximate surface area is 135 Å². The van der Waals surface area contributed by atoms with Crippen molar-refractivity contribution in [3.63, 3.8) is 0 Å². The van der Waals surface area contributed by atoms with Crippen molar-refractivity contribution in [1.82, 2.24) is 0 Å². The lowest BCUT2D eigenvalue weighted by molar-refractivity contribution is -0.125. The Morgan fingerprint density at radius 3 is 2.70 bits per heavy atom. The first-order chi connectivity index (χ1) is 11.2. The number of carbonyl (C=O) groups is 1. The molecule has 0 fully saturated rings. The van der Waals surface area contributed by atoms with Crippen LogP contribution in [0.2, 0.25) is 0 Å². The fourth-order valence-electron chi connectivity index (χ4n) is 2.92. The molecule has 0 saturated heterocycles. The first-order valence-electron chi connectivity index (χ1n) is 8.00. The number of carbonyl (C=O) groups excluding carboxylic acids is 1. The predicted octanol–water partition coefficient (Wildman–Crippen LogP) is 3.96. The molecule has 2 aromatic rings. The second-order valence-corrected chi connectivity index (χ2v) is 5.69. The van der Waals surface area contributed by atoms with Gasteiger partial charge >= 0.3 is 0 Å². The number of nitrogens with zero attached hydrogens (tertiary/aromatic N) is 1. The van der Waals surface area contributed by atoms with Gasteiger partial charge in [-0.3, -0.25) is 4.79 Å². The molecule has 0 unspecified atom stereocenters. The van der Waals surface area contributed by atoms with Gasteiger partial charge in [0.25, 0.3) is 5.91 Å². The van der Waals surface area contributed by atoms with Crippen molar-refractivity contribution in [1.29, 1.82) is 0 Å². The molecular weight excluding hydrogens is 293 g/mol. The molecule has 0 N–H and O–H groups in total. The number of hydrogen-bond donors (Lipinski definition) is 0. The average molecular weight is 313 g/mol. The first kappa shape index (κ1) is 15.5. The predicted molar refractivity (Wildman–Crippen MR) is 88.2 cm³/mol. The maximum Gasteiger partial charge on any atom is 0.268 e. The minimum Gasteiger partial charge on any atom is -0.481 e. The third kappa shape index (κ3) is 3.36. The van der Waals surface area contributed by atoms with Gasteiger partial charge in [0, 0.05) is 12.2 Å². The lowest BCUT2D eigenvalue weighted by Gasteiger charge is -2.32. The minimum atomic E-state index is -0.563. The molecule has 120 valence electrons. The number of para-hydroxylation sites is 1. The van der Waals surface area contributed by atoms with Gasteiger partial charge in [0.1, 0.15) is 11.6 Å². The summed E-state index contributed by atoms with van der Waals surface area (Å²) >= 11 is 0. The first-order valence-corrected chi connectivity index (χ1v) is 8.00. The van der Waals surface area contributed by atoms with E-state index in [0.29, 0.717) is 18.7 Å². The zero-order valence-electron chi connectivity index (χ0n) is 13.2. The molecule has 1 atom stereocenters. The molecule has 0 spiro atoms. The summed E-state index contributed by atoms with van der Waals surface area (Å²) in [4.78, 5) is 14.7. The maximum atomic E-state index is 13.0. The van der Waals surface area contributed by atoms with Gasteiger partial charge < -0.3 is 9.64 Å². The lowest BCUT2D eigenvalue weighted by atomic mass is 10.0. The fraction of sp³-hybridized carbons (Fsp3) is 0.316. The summed E-state index contributed by atoms with van der Waals surface area (Å²) in [6, 6.07) is 13.8. The van der Waals surface area contributed by atoms with Gasteiger partial charge in [-0.1, -0.05) is 25.1 Å². The normalized spacial score (nSPS) is 15.0. The Hall–Kier alpha value is -2.36. The molecule has 1 aliphatic rings. The zero-order chi connectivity index (χ0) is 16.2. The summed E-state index contributed by atoms with van der Waals surface area (Å²) in [6.07, 6.45) is 1.95. The number of amides is 1. The van der Waals surface area contributed by atoms with E-state index in [9.17, 15) is 9.18 Å². The van der Waals surface area contributed by atoms with Crippen LogP contribution in [0.25, 0.3) is 0 Å². The molecule has 0 radical (unpaired) electrons. The van der Waals surface area contributed by atoms with Crippen LogP contribution in [0.15, 0.2) is 48.5 Å². The van der Waals surface area contributed by atoms with Gasteiger partial charge in [-0.15, -0.1) is 0 Å². The van der Waals surface area contributed by atoms with Crippen molar-refractivity contribution in [2.75, 3.05) is 11.4 Å². The molecule has 1 aliphatic heterocycles. The van der Waals surface area contributed by atoms with E-state index in [1.165, 1.54) is 17.7 Å². The van der Waals surface area contributed by atoms with Gasteiger partial charge in [-0.2, -0.15) is 0 Å². The Bertz CT molecular complexity index is 684. The number of halogens is 1. The van der Waals surface area contributed by atoms with Crippen LogP contribution >= 0.6 is 0 Å². The molecule has 4 heteroatoms. The molecule has 0 aliphatic carbocycles. The average Bonchev–Trinajstić information content (AvgIpc) is 2.60. The van der Waals surface area contributed by atoms with E-state index in [1.807, 2.05) is 30.0 Å². The molecular formula is C19H20FNO2. The van der Waals surface area contributed by atoms with E-state index in [-0.39, 0.29) is 11.7 Å². The van der Waals surface area contributed by atoms with Crippen molar-refractivity contribution in [2.24, 2.45) is 0 Å². The molecule has 3 rings (SSSR count). The highest BCUT2D eigenvalue weighted by Gasteiger charge is 2.28. The summed E-state index contributed by atoms with van der Waals surface area (Å²) < 4.78 is 18.8. The number of anilines is 1. The molecule has 3 nitrogen and oxygen atoms in total. The standard InChI is InChI=1S/C19H20FNO2/c1-2-18(23-16-11-9-15(20)10-12-16)19(22)21-13-5-7-14-6-3-4-8-17(14)21/h3-4,6,8-12,18H,2,5,7,13H2,1H3/t18-/m0/s1. The highest BCUT2D eigenvalue weighted by atomic mass is 19.1. The van der Waals surface area contributed by atoms with Crippen molar-refractivity contribution < 1.29 is 13.9 Å². The minimum absolute atomic E-state index is 0.0380. The van der Waals surface area contributed by atoms with Crippen molar-refractivity contribution >= 4 is 11.6 Å². The number of benzene rings is 2. The Morgan fingerprint density at radius 2 is 1.96 bits per heavy atom. The van der Waals surface area contributed by atoms with Gasteiger partial charge in [-0.25, -0.2) is 4.39 Å². The summed E-state index contributed by atoms with van der Waals surface area (Å²) in [5, 5.41) is 0. The molecule has 23 heavy (non-hydrogen) atoms. The fourth-order valence-corrected chi connectivity index (χ4v) is 2.92. The number of fused-ring (bicyclic) bond motifs is 1. The number of ether oxygens (including phenoxy) is 1. The zero-order valence-corrected chi connectivity index (χ0v) is 13.2. The van der Waals surface area contributed by atoms with Crippen LogP contribution < -0.4 is 9.64 Å². The van der Waals surface area contributed by atoms with Crippen LogP contribution in [-0.4, -0.2) is 18.6 Å². The summed E-state index contributed by atoms with van der Waals surface area (Å²) in [5.74, 6) is 0.155. The van der Waals surface area contributed by atoms with Crippen LogP contribution in [-0.2, 0) is 11.2 Å². The van der Waals surface area contributed by atoms with E-state index in [2.05, 4.69) is 6.07 Å².